The number of hydrogen-bond acceptors (Lipinski definition) is 2. The van der Waals surface area contributed by atoms with Crippen molar-refractivity contribution in [2.75, 3.05) is 11.9 Å². The van der Waals surface area contributed by atoms with E-state index < -0.39 is 0 Å². The first-order valence-corrected chi connectivity index (χ1v) is 6.37. The highest BCUT2D eigenvalue weighted by Crippen LogP contribution is 2.30. The highest BCUT2D eigenvalue weighted by Gasteiger charge is 2.25. The summed E-state index contributed by atoms with van der Waals surface area (Å²) in [6, 6.07) is 2.54. The average molecular weight is 285 g/mol. The monoisotopic (exact) mass is 284 g/mol. The molecule has 90 valence electrons. The van der Waals surface area contributed by atoms with Crippen molar-refractivity contribution in [2.45, 2.75) is 40.7 Å². The van der Waals surface area contributed by atoms with Gasteiger partial charge in [-0.1, -0.05) is 20.8 Å². The Bertz CT molecular complexity index is 369. The van der Waals surface area contributed by atoms with E-state index in [-0.39, 0.29) is 5.41 Å². The standard InChI is InChI=1S/C13H21BrN2/c1-9-7-11(14)12(15-8-9)16(6)10(2)13(3,4)5/h7-8,10H,1-6H3. The number of hydrogen-bond donors (Lipinski definition) is 0. The molecule has 0 aliphatic heterocycles. The Morgan fingerprint density at radius 3 is 2.38 bits per heavy atom. The second-order valence-corrected chi connectivity index (χ2v) is 6.33. The fourth-order valence-electron chi connectivity index (χ4n) is 1.55. The SMILES string of the molecule is Cc1cnc(N(C)C(C)C(C)(C)C)c(Br)c1. The van der Waals surface area contributed by atoms with Crippen LogP contribution in [-0.2, 0) is 0 Å². The summed E-state index contributed by atoms with van der Waals surface area (Å²) >= 11 is 3.58. The molecule has 0 saturated heterocycles. The van der Waals surface area contributed by atoms with Crippen LogP contribution in [-0.4, -0.2) is 18.1 Å². The van der Waals surface area contributed by atoms with Crippen LogP contribution in [0.5, 0.6) is 0 Å². The van der Waals surface area contributed by atoms with Gasteiger partial charge in [-0.15, -0.1) is 0 Å². The first-order chi connectivity index (χ1) is 7.23. The molecule has 2 nitrogen and oxygen atoms in total. The molecule has 3 heteroatoms. The van der Waals surface area contributed by atoms with Gasteiger partial charge in [-0.05, 0) is 46.8 Å². The maximum atomic E-state index is 4.49. The minimum atomic E-state index is 0.237. The molecule has 0 aliphatic carbocycles. The summed E-state index contributed by atoms with van der Waals surface area (Å²) in [5, 5.41) is 0. The molecule has 16 heavy (non-hydrogen) atoms. The Morgan fingerprint density at radius 1 is 1.38 bits per heavy atom. The van der Waals surface area contributed by atoms with Crippen LogP contribution in [0.1, 0.15) is 33.3 Å². The van der Waals surface area contributed by atoms with E-state index in [1.165, 1.54) is 5.56 Å². The Kier molecular flexibility index (Phi) is 4.00. The quantitative estimate of drug-likeness (QED) is 0.815. The van der Waals surface area contributed by atoms with Gasteiger partial charge in [0.15, 0.2) is 0 Å². The van der Waals surface area contributed by atoms with Crippen molar-refractivity contribution in [1.29, 1.82) is 0 Å². The zero-order valence-electron chi connectivity index (χ0n) is 11.0. The normalized spacial score (nSPS) is 13.7. The van der Waals surface area contributed by atoms with Crippen LogP contribution in [0.3, 0.4) is 0 Å². The first-order valence-electron chi connectivity index (χ1n) is 5.58. The number of aromatic nitrogens is 1. The lowest BCUT2D eigenvalue weighted by molar-refractivity contribution is 0.328. The molecule has 0 bridgehead atoms. The van der Waals surface area contributed by atoms with Gasteiger partial charge in [0.05, 0.1) is 4.47 Å². The van der Waals surface area contributed by atoms with E-state index in [0.717, 1.165) is 10.3 Å². The zero-order chi connectivity index (χ0) is 12.5. The van der Waals surface area contributed by atoms with Gasteiger partial charge in [0.2, 0.25) is 0 Å². The number of pyridine rings is 1. The number of nitrogens with zero attached hydrogens (tertiary/aromatic N) is 2. The summed E-state index contributed by atoms with van der Waals surface area (Å²) < 4.78 is 1.06. The summed E-state index contributed by atoms with van der Waals surface area (Å²) in [5.74, 6) is 1.01. The highest BCUT2D eigenvalue weighted by molar-refractivity contribution is 9.10. The molecule has 1 aromatic rings. The van der Waals surface area contributed by atoms with Crippen LogP contribution in [0, 0.1) is 12.3 Å². The Morgan fingerprint density at radius 2 is 1.94 bits per heavy atom. The first kappa shape index (κ1) is 13.5. The van der Waals surface area contributed by atoms with Gasteiger partial charge < -0.3 is 4.90 Å². The smallest absolute Gasteiger partial charge is 0.142 e. The maximum Gasteiger partial charge on any atom is 0.142 e. The van der Waals surface area contributed by atoms with Crippen LogP contribution in [0.15, 0.2) is 16.7 Å². The predicted molar refractivity (Wildman–Crippen MR) is 74.0 cm³/mol. The molecular formula is C13H21BrN2. The van der Waals surface area contributed by atoms with E-state index in [2.05, 4.69) is 73.5 Å². The predicted octanol–water partition coefficient (Wildman–Crippen LogP) is 4.02. The van der Waals surface area contributed by atoms with Gasteiger partial charge in [0.25, 0.3) is 0 Å². The minimum Gasteiger partial charge on any atom is -0.356 e. The molecular weight excluding hydrogens is 264 g/mol. The number of aryl methyl sites for hydroxylation is 1. The molecule has 0 fully saturated rings. The zero-order valence-corrected chi connectivity index (χ0v) is 12.6. The molecule has 1 rings (SSSR count). The van der Waals surface area contributed by atoms with Gasteiger partial charge in [0.1, 0.15) is 5.82 Å². The van der Waals surface area contributed by atoms with Crippen molar-refractivity contribution in [3.63, 3.8) is 0 Å². The van der Waals surface area contributed by atoms with Gasteiger partial charge in [-0.2, -0.15) is 0 Å². The van der Waals surface area contributed by atoms with Crippen LogP contribution >= 0.6 is 15.9 Å². The van der Waals surface area contributed by atoms with E-state index in [0.29, 0.717) is 6.04 Å². The van der Waals surface area contributed by atoms with Crippen molar-refractivity contribution in [1.82, 2.24) is 4.98 Å². The van der Waals surface area contributed by atoms with Crippen molar-refractivity contribution in [3.8, 4) is 0 Å². The van der Waals surface area contributed by atoms with E-state index >= 15 is 0 Å². The molecule has 1 atom stereocenters. The molecule has 0 radical (unpaired) electrons. The molecule has 0 aliphatic rings. The third-order valence-electron chi connectivity index (χ3n) is 3.13. The van der Waals surface area contributed by atoms with Crippen LogP contribution < -0.4 is 4.90 Å². The summed E-state index contributed by atoms with van der Waals surface area (Å²) in [5.41, 5.74) is 1.41. The summed E-state index contributed by atoms with van der Waals surface area (Å²) in [6.45, 7) is 11.0. The average Bonchev–Trinajstić information content (AvgIpc) is 2.14. The second kappa shape index (κ2) is 4.74. The van der Waals surface area contributed by atoms with Crippen molar-refractivity contribution >= 4 is 21.7 Å². The Balaban J connectivity index is 3.01. The largest absolute Gasteiger partial charge is 0.356 e. The fraction of sp³-hybridized carbons (Fsp3) is 0.615. The molecule has 1 aromatic heterocycles. The van der Waals surface area contributed by atoms with Crippen molar-refractivity contribution < 1.29 is 0 Å². The summed E-state index contributed by atoms with van der Waals surface area (Å²) in [4.78, 5) is 6.72. The van der Waals surface area contributed by atoms with Crippen LogP contribution in [0.25, 0.3) is 0 Å². The van der Waals surface area contributed by atoms with E-state index in [1.54, 1.807) is 0 Å². The third-order valence-corrected chi connectivity index (χ3v) is 3.71. The topological polar surface area (TPSA) is 16.1 Å². The molecule has 0 N–H and O–H groups in total. The van der Waals surface area contributed by atoms with Crippen molar-refractivity contribution in [3.05, 3.63) is 22.3 Å². The third kappa shape index (κ3) is 2.97. The lowest BCUT2D eigenvalue weighted by Gasteiger charge is -2.36. The second-order valence-electron chi connectivity index (χ2n) is 5.47. The van der Waals surface area contributed by atoms with Gasteiger partial charge in [0, 0.05) is 19.3 Å². The van der Waals surface area contributed by atoms with E-state index in [4.69, 9.17) is 0 Å². The highest BCUT2D eigenvalue weighted by atomic mass is 79.9. The summed E-state index contributed by atoms with van der Waals surface area (Å²) in [7, 11) is 2.10. The fourth-order valence-corrected chi connectivity index (χ4v) is 2.29. The number of rotatable bonds is 2. The number of halogens is 1. The molecule has 0 saturated carbocycles. The van der Waals surface area contributed by atoms with Crippen LogP contribution in [0.4, 0.5) is 5.82 Å². The molecule has 1 unspecified atom stereocenters. The molecule has 1 heterocycles. The maximum absolute atomic E-state index is 4.49. The minimum absolute atomic E-state index is 0.237. The lowest BCUT2D eigenvalue weighted by Crippen LogP contribution is -2.40. The van der Waals surface area contributed by atoms with Gasteiger partial charge >= 0.3 is 0 Å². The number of anilines is 1. The Hall–Kier alpha value is -0.570. The van der Waals surface area contributed by atoms with Crippen LogP contribution in [0.2, 0.25) is 0 Å². The molecule has 0 aromatic carbocycles. The van der Waals surface area contributed by atoms with E-state index in [1.807, 2.05) is 6.20 Å². The Labute approximate surface area is 107 Å². The summed E-state index contributed by atoms with van der Waals surface area (Å²) in [6.07, 6.45) is 1.91. The van der Waals surface area contributed by atoms with Crippen molar-refractivity contribution in [2.24, 2.45) is 5.41 Å². The van der Waals surface area contributed by atoms with E-state index in [9.17, 15) is 0 Å². The molecule has 0 spiro atoms. The van der Waals surface area contributed by atoms with Gasteiger partial charge in [-0.25, -0.2) is 4.98 Å². The molecule has 0 amide bonds. The lowest BCUT2D eigenvalue weighted by atomic mass is 9.87. The van der Waals surface area contributed by atoms with Gasteiger partial charge in [-0.3, -0.25) is 0 Å².